The van der Waals surface area contributed by atoms with Crippen molar-refractivity contribution in [2.75, 3.05) is 18.9 Å². The predicted octanol–water partition coefficient (Wildman–Crippen LogP) is 4.95. The maximum atomic E-state index is 12.7. The van der Waals surface area contributed by atoms with Gasteiger partial charge in [-0.1, -0.05) is 11.6 Å². The Morgan fingerprint density at radius 1 is 1.24 bits per heavy atom. The van der Waals surface area contributed by atoms with Crippen molar-refractivity contribution in [1.29, 1.82) is 0 Å². The number of hydrogen-bond acceptors (Lipinski definition) is 7. The fourth-order valence-electron chi connectivity index (χ4n) is 2.12. The molecule has 0 N–H and O–H groups in total. The van der Waals surface area contributed by atoms with Crippen molar-refractivity contribution in [1.82, 2.24) is 0 Å². The number of nitrogens with zero attached hydrogens (tertiary/aromatic N) is 2. The van der Waals surface area contributed by atoms with Gasteiger partial charge in [-0.05, 0) is 24.3 Å². The van der Waals surface area contributed by atoms with Crippen LogP contribution >= 0.6 is 11.6 Å². The minimum atomic E-state index is -4.56. The van der Waals surface area contributed by atoms with Gasteiger partial charge >= 0.3 is 12.1 Å². The molecule has 2 rings (SSSR count). The number of carbonyl (C=O) groups excluding carboxylic acids is 1. The monoisotopic (exact) mass is 434 g/mol. The van der Waals surface area contributed by atoms with E-state index in [0.29, 0.717) is 6.07 Å². The molecule has 29 heavy (non-hydrogen) atoms. The molecule has 0 spiro atoms. The molecule has 8 nitrogen and oxygen atoms in total. The minimum Gasteiger partial charge on any atom is -0.456 e. The third-order valence-corrected chi connectivity index (χ3v) is 3.77. The lowest BCUT2D eigenvalue weighted by molar-refractivity contribution is -0.384. The predicted molar refractivity (Wildman–Crippen MR) is 95.7 cm³/mol. The van der Waals surface area contributed by atoms with Crippen LogP contribution in [0.25, 0.3) is 0 Å². The van der Waals surface area contributed by atoms with Crippen molar-refractivity contribution in [3.63, 3.8) is 0 Å². The summed E-state index contributed by atoms with van der Waals surface area (Å²) in [6.45, 7) is 0.673. The zero-order valence-corrected chi connectivity index (χ0v) is 15.8. The number of hydrogen-bond donors (Lipinski definition) is 0. The molecule has 0 aromatic heterocycles. The quantitative estimate of drug-likeness (QED) is 0.263. The van der Waals surface area contributed by atoms with Crippen LogP contribution in [0.1, 0.15) is 12.5 Å². The van der Waals surface area contributed by atoms with E-state index in [4.69, 9.17) is 21.2 Å². The molecule has 0 aliphatic heterocycles. The second-order valence-corrected chi connectivity index (χ2v) is 5.94. The Morgan fingerprint density at radius 3 is 2.48 bits per heavy atom. The van der Waals surface area contributed by atoms with E-state index in [0.717, 1.165) is 30.2 Å². The summed E-state index contributed by atoms with van der Waals surface area (Å²) >= 11 is 5.85. The third-order valence-electron chi connectivity index (χ3n) is 3.48. The summed E-state index contributed by atoms with van der Waals surface area (Å²) in [5.74, 6) is -0.639. The van der Waals surface area contributed by atoms with Crippen molar-refractivity contribution in [2.45, 2.75) is 13.1 Å². The number of carbonyl (C=O) groups is 1. The molecule has 0 saturated heterocycles. The molecule has 2 aromatic rings. The van der Waals surface area contributed by atoms with Crippen LogP contribution in [0.5, 0.6) is 11.5 Å². The molecule has 0 fully saturated rings. The fourth-order valence-corrected chi connectivity index (χ4v) is 2.34. The zero-order chi connectivity index (χ0) is 21.8. The van der Waals surface area contributed by atoms with Gasteiger partial charge in [0.1, 0.15) is 17.2 Å². The molecular formula is C17H14ClF3N2O6. The fraction of sp³-hybridized carbons (Fsp3) is 0.235. The second kappa shape index (κ2) is 8.97. The van der Waals surface area contributed by atoms with Gasteiger partial charge in [0, 0.05) is 26.1 Å². The zero-order valence-electron chi connectivity index (χ0n) is 15.0. The molecule has 0 aliphatic carbocycles. The first-order chi connectivity index (χ1) is 13.5. The molecule has 156 valence electrons. The lowest BCUT2D eigenvalue weighted by Crippen LogP contribution is -2.21. The van der Waals surface area contributed by atoms with Crippen molar-refractivity contribution >= 4 is 28.9 Å². The molecule has 0 aliphatic rings. The van der Waals surface area contributed by atoms with Crippen molar-refractivity contribution < 1.29 is 37.2 Å². The topological polar surface area (TPSA) is 91.1 Å². The molecule has 0 radical (unpaired) electrons. The van der Waals surface area contributed by atoms with E-state index < -0.39 is 29.4 Å². The lowest BCUT2D eigenvalue weighted by atomic mass is 10.2. The Labute approximate surface area is 167 Å². The number of nitro benzene ring substituents is 1. The third kappa shape index (κ3) is 5.96. The number of halogens is 4. The van der Waals surface area contributed by atoms with Gasteiger partial charge in [0.25, 0.3) is 5.69 Å². The van der Waals surface area contributed by atoms with Crippen LogP contribution in [-0.2, 0) is 20.5 Å². The van der Waals surface area contributed by atoms with E-state index in [1.807, 2.05) is 0 Å². The number of alkyl halides is 3. The summed E-state index contributed by atoms with van der Waals surface area (Å²) in [6.07, 6.45) is -4.56. The van der Waals surface area contributed by atoms with Crippen LogP contribution < -0.4 is 9.80 Å². The Morgan fingerprint density at radius 2 is 1.93 bits per heavy atom. The highest BCUT2D eigenvalue weighted by molar-refractivity contribution is 6.32. The average molecular weight is 435 g/mol. The number of benzene rings is 2. The first kappa shape index (κ1) is 22.2. The average Bonchev–Trinajstić information content (AvgIpc) is 2.61. The maximum absolute atomic E-state index is 12.7. The van der Waals surface area contributed by atoms with Crippen LogP contribution in [0.2, 0.25) is 5.02 Å². The summed E-state index contributed by atoms with van der Waals surface area (Å²) < 4.78 is 48.2. The van der Waals surface area contributed by atoms with Crippen molar-refractivity contribution in [3.05, 3.63) is 57.1 Å². The molecule has 0 heterocycles. The molecule has 0 bridgehead atoms. The Hall–Kier alpha value is -3.05. The molecule has 2 aromatic carbocycles. The van der Waals surface area contributed by atoms with Crippen LogP contribution in [-0.4, -0.2) is 24.7 Å². The van der Waals surface area contributed by atoms with E-state index in [9.17, 15) is 28.1 Å². The SMILES string of the molecule is CC(=O)OCON(C)c1cc(Oc2ccc(C(F)(F)F)cc2Cl)ccc1[N+](=O)[O-]. The number of anilines is 1. The molecular weight excluding hydrogens is 421 g/mol. The molecule has 0 unspecified atom stereocenters. The van der Waals surface area contributed by atoms with Gasteiger partial charge in [-0.2, -0.15) is 13.2 Å². The number of ether oxygens (including phenoxy) is 2. The smallest absolute Gasteiger partial charge is 0.416 e. The highest BCUT2D eigenvalue weighted by Crippen LogP contribution is 2.38. The second-order valence-electron chi connectivity index (χ2n) is 5.53. The van der Waals surface area contributed by atoms with E-state index in [2.05, 4.69) is 4.74 Å². The molecule has 0 amide bonds. The minimum absolute atomic E-state index is 0.0511. The van der Waals surface area contributed by atoms with E-state index in [1.165, 1.54) is 19.2 Å². The van der Waals surface area contributed by atoms with Crippen LogP contribution in [0.4, 0.5) is 24.5 Å². The van der Waals surface area contributed by atoms with Gasteiger partial charge in [0.15, 0.2) is 0 Å². The summed E-state index contributed by atoms with van der Waals surface area (Å²) in [7, 11) is 1.33. The molecule has 0 atom stereocenters. The number of nitro groups is 1. The van der Waals surface area contributed by atoms with Crippen molar-refractivity contribution in [2.24, 2.45) is 0 Å². The summed E-state index contributed by atoms with van der Waals surface area (Å²) in [5, 5.41) is 11.9. The van der Waals surface area contributed by atoms with Crippen LogP contribution in [0, 0.1) is 10.1 Å². The largest absolute Gasteiger partial charge is 0.456 e. The van der Waals surface area contributed by atoms with Gasteiger partial charge < -0.3 is 9.47 Å². The van der Waals surface area contributed by atoms with Gasteiger partial charge in [0.2, 0.25) is 6.79 Å². The number of rotatable bonds is 7. The first-order valence-corrected chi connectivity index (χ1v) is 8.20. The molecule has 12 heteroatoms. The van der Waals surface area contributed by atoms with Crippen molar-refractivity contribution in [3.8, 4) is 11.5 Å². The van der Waals surface area contributed by atoms with Gasteiger partial charge in [-0.15, -0.1) is 0 Å². The Bertz CT molecular complexity index is 923. The lowest BCUT2D eigenvalue weighted by Gasteiger charge is -2.19. The van der Waals surface area contributed by atoms with Gasteiger partial charge in [0.05, 0.1) is 15.5 Å². The van der Waals surface area contributed by atoms with E-state index >= 15 is 0 Å². The number of esters is 1. The summed E-state index contributed by atoms with van der Waals surface area (Å²) in [5.41, 5.74) is -1.35. The summed E-state index contributed by atoms with van der Waals surface area (Å²) in [4.78, 5) is 26.4. The highest BCUT2D eigenvalue weighted by Gasteiger charge is 2.31. The Balaban J connectivity index is 2.28. The Kier molecular flexibility index (Phi) is 6.88. The standard InChI is InChI=1S/C17H14ClF3N2O6/c1-10(24)27-9-28-22(2)15-8-12(4-5-14(15)23(25)26)29-16-6-3-11(7-13(16)18)17(19,20)21/h3-8H,9H2,1-2H3. The van der Waals surface area contributed by atoms with E-state index in [-0.39, 0.29) is 27.9 Å². The van der Waals surface area contributed by atoms with Gasteiger partial charge in [-0.3, -0.25) is 14.9 Å². The maximum Gasteiger partial charge on any atom is 0.416 e. The van der Waals surface area contributed by atoms with Crippen LogP contribution in [0.3, 0.4) is 0 Å². The molecule has 0 saturated carbocycles. The van der Waals surface area contributed by atoms with Crippen LogP contribution in [0.15, 0.2) is 36.4 Å². The van der Waals surface area contributed by atoms with Gasteiger partial charge in [-0.25, -0.2) is 9.90 Å². The first-order valence-electron chi connectivity index (χ1n) is 7.82. The number of hydroxylamine groups is 1. The van der Waals surface area contributed by atoms with E-state index in [1.54, 1.807) is 0 Å². The normalized spacial score (nSPS) is 11.1. The highest BCUT2D eigenvalue weighted by atomic mass is 35.5. The summed E-state index contributed by atoms with van der Waals surface area (Å²) in [6, 6.07) is 6.12.